The first kappa shape index (κ1) is 14.3. The third-order valence-corrected chi connectivity index (χ3v) is 3.21. The van der Waals surface area contributed by atoms with Gasteiger partial charge in [0.1, 0.15) is 5.56 Å². The minimum absolute atomic E-state index is 0.115. The Balaban J connectivity index is 2.06. The number of pyridine rings is 1. The number of alkyl halides is 1. The molecule has 0 unspecified atom stereocenters. The van der Waals surface area contributed by atoms with E-state index in [-0.39, 0.29) is 16.9 Å². The number of hydrogen-bond donors (Lipinski definition) is 2. The van der Waals surface area contributed by atoms with E-state index in [0.717, 1.165) is 16.8 Å². The molecule has 0 radical (unpaired) electrons. The number of halogens is 1. The number of amides is 1. The van der Waals surface area contributed by atoms with Gasteiger partial charge in [-0.15, -0.1) is 11.6 Å². The van der Waals surface area contributed by atoms with Crippen molar-refractivity contribution in [2.24, 2.45) is 0 Å². The predicted octanol–water partition coefficient (Wildman–Crippen LogP) is 2.35. The van der Waals surface area contributed by atoms with Crippen LogP contribution in [0, 0.1) is 6.92 Å². The lowest BCUT2D eigenvalue weighted by molar-refractivity contribution is 0.0949. The minimum atomic E-state index is -0.387. The maximum absolute atomic E-state index is 11.9. The third-order valence-electron chi connectivity index (χ3n) is 2.90. The Bertz CT molecular complexity index is 680. The standard InChI is InChI=1S/C15H15ClN2O2/c1-10-5-14(19)13(9-17-10)15(20)18-8-12-4-2-3-11(6-12)7-16/h2-6,9H,7-8H2,1H3,(H,17,19)(H,18,20). The van der Waals surface area contributed by atoms with Crippen LogP contribution in [0.4, 0.5) is 0 Å². The van der Waals surface area contributed by atoms with Gasteiger partial charge in [-0.2, -0.15) is 0 Å². The molecule has 5 heteroatoms. The first-order chi connectivity index (χ1) is 9.60. The molecule has 1 aromatic heterocycles. The Morgan fingerprint density at radius 1 is 1.30 bits per heavy atom. The number of nitrogens with one attached hydrogen (secondary N) is 2. The van der Waals surface area contributed by atoms with Crippen LogP contribution in [-0.2, 0) is 12.4 Å². The van der Waals surface area contributed by atoms with Crippen LogP contribution in [0.15, 0.2) is 41.3 Å². The number of rotatable bonds is 4. The van der Waals surface area contributed by atoms with E-state index in [1.54, 1.807) is 6.92 Å². The molecule has 1 amide bonds. The second kappa shape index (κ2) is 6.39. The topological polar surface area (TPSA) is 62.0 Å². The average molecular weight is 291 g/mol. The van der Waals surface area contributed by atoms with Crippen LogP contribution in [0.25, 0.3) is 0 Å². The number of carbonyl (C=O) groups is 1. The van der Waals surface area contributed by atoms with E-state index in [0.29, 0.717) is 12.4 Å². The number of carbonyl (C=O) groups excluding carboxylic acids is 1. The fraction of sp³-hybridized carbons (Fsp3) is 0.200. The summed E-state index contributed by atoms with van der Waals surface area (Å²) >= 11 is 5.76. The van der Waals surface area contributed by atoms with Gasteiger partial charge < -0.3 is 10.3 Å². The summed E-state index contributed by atoms with van der Waals surface area (Å²) in [6, 6.07) is 9.03. The van der Waals surface area contributed by atoms with E-state index in [9.17, 15) is 9.59 Å². The van der Waals surface area contributed by atoms with Crippen molar-refractivity contribution in [3.05, 3.63) is 69.1 Å². The smallest absolute Gasteiger partial charge is 0.257 e. The highest BCUT2D eigenvalue weighted by molar-refractivity contribution is 6.17. The van der Waals surface area contributed by atoms with Crippen LogP contribution in [0.5, 0.6) is 0 Å². The molecule has 20 heavy (non-hydrogen) atoms. The Labute approximate surface area is 121 Å². The highest BCUT2D eigenvalue weighted by Gasteiger charge is 2.09. The summed E-state index contributed by atoms with van der Waals surface area (Å²) in [6.45, 7) is 2.12. The second-order valence-corrected chi connectivity index (χ2v) is 4.80. The van der Waals surface area contributed by atoms with Crippen molar-refractivity contribution in [2.45, 2.75) is 19.3 Å². The predicted molar refractivity (Wildman–Crippen MR) is 79.0 cm³/mol. The van der Waals surface area contributed by atoms with E-state index in [1.807, 2.05) is 24.3 Å². The normalized spacial score (nSPS) is 10.3. The Morgan fingerprint density at radius 2 is 2.05 bits per heavy atom. The van der Waals surface area contributed by atoms with Crippen molar-refractivity contribution in [3.63, 3.8) is 0 Å². The van der Waals surface area contributed by atoms with Crippen molar-refractivity contribution in [1.29, 1.82) is 0 Å². The number of hydrogen-bond acceptors (Lipinski definition) is 2. The van der Waals surface area contributed by atoms with Crippen LogP contribution in [-0.4, -0.2) is 10.9 Å². The van der Waals surface area contributed by atoms with Gasteiger partial charge in [0.05, 0.1) is 0 Å². The van der Waals surface area contributed by atoms with Gasteiger partial charge in [0, 0.05) is 30.4 Å². The van der Waals surface area contributed by atoms with Crippen LogP contribution in [0.2, 0.25) is 0 Å². The summed E-state index contributed by atoms with van der Waals surface area (Å²) in [6.07, 6.45) is 1.43. The van der Waals surface area contributed by atoms with Gasteiger partial charge in [0.25, 0.3) is 5.91 Å². The van der Waals surface area contributed by atoms with Crippen molar-refractivity contribution in [3.8, 4) is 0 Å². The summed E-state index contributed by atoms with van der Waals surface area (Å²) in [5.41, 5.74) is 2.49. The monoisotopic (exact) mass is 290 g/mol. The Morgan fingerprint density at radius 3 is 2.75 bits per heavy atom. The van der Waals surface area contributed by atoms with Crippen molar-refractivity contribution in [1.82, 2.24) is 10.3 Å². The van der Waals surface area contributed by atoms with Gasteiger partial charge >= 0.3 is 0 Å². The number of benzene rings is 1. The molecule has 0 saturated heterocycles. The highest BCUT2D eigenvalue weighted by atomic mass is 35.5. The lowest BCUT2D eigenvalue weighted by Crippen LogP contribution is -2.28. The van der Waals surface area contributed by atoms with Crippen molar-refractivity contribution < 1.29 is 4.79 Å². The van der Waals surface area contributed by atoms with Gasteiger partial charge in [-0.3, -0.25) is 9.59 Å². The molecule has 104 valence electrons. The summed E-state index contributed by atoms with van der Waals surface area (Å²) < 4.78 is 0. The molecule has 4 nitrogen and oxygen atoms in total. The van der Waals surface area contributed by atoms with E-state index >= 15 is 0 Å². The fourth-order valence-electron chi connectivity index (χ4n) is 1.85. The van der Waals surface area contributed by atoms with E-state index in [4.69, 9.17) is 11.6 Å². The van der Waals surface area contributed by atoms with Crippen LogP contribution >= 0.6 is 11.6 Å². The first-order valence-corrected chi connectivity index (χ1v) is 6.75. The molecular formula is C15H15ClN2O2. The molecular weight excluding hydrogens is 276 g/mol. The molecule has 0 aliphatic carbocycles. The molecule has 0 aliphatic heterocycles. The van der Waals surface area contributed by atoms with E-state index in [1.165, 1.54) is 12.3 Å². The van der Waals surface area contributed by atoms with Gasteiger partial charge in [-0.1, -0.05) is 24.3 Å². The average Bonchev–Trinajstić information content (AvgIpc) is 2.45. The molecule has 2 aromatic rings. The number of H-pyrrole nitrogens is 1. The number of aromatic nitrogens is 1. The number of aromatic amines is 1. The maximum Gasteiger partial charge on any atom is 0.257 e. The summed E-state index contributed by atoms with van der Waals surface area (Å²) in [4.78, 5) is 26.5. The Kier molecular flexibility index (Phi) is 4.58. The number of aryl methyl sites for hydroxylation is 1. The van der Waals surface area contributed by atoms with Gasteiger partial charge in [0.2, 0.25) is 0 Å². The van der Waals surface area contributed by atoms with Crippen molar-refractivity contribution in [2.75, 3.05) is 0 Å². The molecule has 0 saturated carbocycles. The summed E-state index contributed by atoms with van der Waals surface area (Å²) in [5.74, 6) is 0.0434. The SMILES string of the molecule is Cc1cc(=O)c(C(=O)NCc2cccc(CCl)c2)c[nH]1. The molecule has 0 spiro atoms. The maximum atomic E-state index is 11.9. The van der Waals surface area contributed by atoms with Crippen molar-refractivity contribution >= 4 is 17.5 Å². The lowest BCUT2D eigenvalue weighted by Gasteiger charge is -2.06. The third kappa shape index (κ3) is 3.48. The first-order valence-electron chi connectivity index (χ1n) is 6.21. The van der Waals surface area contributed by atoms with E-state index < -0.39 is 0 Å². The van der Waals surface area contributed by atoms with Gasteiger partial charge in [-0.05, 0) is 18.1 Å². The second-order valence-electron chi connectivity index (χ2n) is 4.53. The van der Waals surface area contributed by atoms with Gasteiger partial charge in [0.15, 0.2) is 5.43 Å². The molecule has 0 aliphatic rings. The molecule has 0 atom stereocenters. The zero-order valence-corrected chi connectivity index (χ0v) is 11.8. The van der Waals surface area contributed by atoms with E-state index in [2.05, 4.69) is 10.3 Å². The zero-order chi connectivity index (χ0) is 14.5. The summed E-state index contributed by atoms with van der Waals surface area (Å²) in [7, 11) is 0. The zero-order valence-electron chi connectivity index (χ0n) is 11.1. The fourth-order valence-corrected chi connectivity index (χ4v) is 2.02. The quantitative estimate of drug-likeness (QED) is 0.849. The molecule has 1 aromatic carbocycles. The molecule has 0 bridgehead atoms. The Hall–Kier alpha value is -2.07. The van der Waals surface area contributed by atoms with Gasteiger partial charge in [-0.25, -0.2) is 0 Å². The lowest BCUT2D eigenvalue weighted by atomic mass is 10.1. The molecule has 2 N–H and O–H groups in total. The highest BCUT2D eigenvalue weighted by Crippen LogP contribution is 2.07. The van der Waals surface area contributed by atoms with Crippen LogP contribution < -0.4 is 10.7 Å². The molecule has 1 heterocycles. The molecule has 2 rings (SSSR count). The largest absolute Gasteiger partial charge is 0.364 e. The molecule has 0 fully saturated rings. The van der Waals surface area contributed by atoms with Crippen LogP contribution in [0.1, 0.15) is 27.2 Å². The van der Waals surface area contributed by atoms with Crippen LogP contribution in [0.3, 0.4) is 0 Å². The minimum Gasteiger partial charge on any atom is -0.364 e. The summed E-state index contributed by atoms with van der Waals surface area (Å²) in [5, 5.41) is 2.72.